The van der Waals surface area contributed by atoms with E-state index in [1.54, 1.807) is 12.1 Å². The number of carbonyl (C=O) groups is 2. The van der Waals surface area contributed by atoms with E-state index in [2.05, 4.69) is 10.9 Å². The summed E-state index contributed by atoms with van der Waals surface area (Å²) in [6, 6.07) is 6.17. The van der Waals surface area contributed by atoms with E-state index in [-0.39, 0.29) is 29.5 Å². The third kappa shape index (κ3) is 4.08. The number of hydrazine groups is 1. The second kappa shape index (κ2) is 6.80. The summed E-state index contributed by atoms with van der Waals surface area (Å²) in [5, 5.41) is 0. The monoisotopic (exact) mass is 339 g/mol. The molecule has 0 atom stereocenters. The van der Waals surface area contributed by atoms with Crippen LogP contribution in [0.15, 0.2) is 40.9 Å². The SMILES string of the molecule is CN(C)S(=O)(=O)c1cccc(COC(=O)C2=CCC(=O)NN2)c1. The number of sulfonamides is 1. The Bertz CT molecular complexity index is 755. The van der Waals surface area contributed by atoms with Crippen molar-refractivity contribution in [2.75, 3.05) is 14.1 Å². The predicted molar refractivity (Wildman–Crippen MR) is 81.1 cm³/mol. The largest absolute Gasteiger partial charge is 0.456 e. The van der Waals surface area contributed by atoms with Crippen LogP contribution in [-0.2, 0) is 31.0 Å². The standard InChI is InChI=1S/C14H17N3O5S/c1-17(2)23(20,21)11-5-3-4-10(8-11)9-22-14(19)12-6-7-13(18)16-15-12/h3-6,8,15H,7,9H2,1-2H3,(H,16,18). The van der Waals surface area contributed by atoms with Crippen LogP contribution in [-0.4, -0.2) is 38.7 Å². The highest BCUT2D eigenvalue weighted by Crippen LogP contribution is 2.15. The molecule has 0 aliphatic carbocycles. The number of benzene rings is 1. The summed E-state index contributed by atoms with van der Waals surface area (Å²) in [4.78, 5) is 22.9. The molecule has 0 radical (unpaired) electrons. The molecule has 1 heterocycles. The van der Waals surface area contributed by atoms with Gasteiger partial charge >= 0.3 is 5.97 Å². The normalized spacial score (nSPS) is 14.7. The van der Waals surface area contributed by atoms with Crippen LogP contribution < -0.4 is 10.9 Å². The zero-order chi connectivity index (χ0) is 17.0. The second-order valence-corrected chi connectivity index (χ2v) is 7.16. The number of hydrogen-bond acceptors (Lipinski definition) is 6. The smallest absolute Gasteiger partial charge is 0.356 e. The topological polar surface area (TPSA) is 105 Å². The van der Waals surface area contributed by atoms with Gasteiger partial charge in [0.05, 0.1) is 4.90 Å². The summed E-state index contributed by atoms with van der Waals surface area (Å²) >= 11 is 0. The lowest BCUT2D eigenvalue weighted by Crippen LogP contribution is -2.42. The van der Waals surface area contributed by atoms with E-state index in [1.165, 1.54) is 32.3 Å². The first-order chi connectivity index (χ1) is 10.8. The molecule has 0 aromatic heterocycles. The van der Waals surface area contributed by atoms with E-state index >= 15 is 0 Å². The summed E-state index contributed by atoms with van der Waals surface area (Å²) < 4.78 is 30.3. The van der Waals surface area contributed by atoms with E-state index < -0.39 is 16.0 Å². The molecule has 1 aromatic carbocycles. The Labute approximate surface area is 134 Å². The molecule has 2 rings (SSSR count). The number of hydrogen-bond donors (Lipinski definition) is 2. The highest BCUT2D eigenvalue weighted by Gasteiger charge is 2.19. The van der Waals surface area contributed by atoms with Crippen LogP contribution in [0.2, 0.25) is 0 Å². The molecule has 0 bridgehead atoms. The van der Waals surface area contributed by atoms with Crippen molar-refractivity contribution >= 4 is 21.9 Å². The van der Waals surface area contributed by atoms with Crippen molar-refractivity contribution in [3.05, 3.63) is 41.6 Å². The molecule has 0 saturated carbocycles. The number of rotatable bonds is 5. The van der Waals surface area contributed by atoms with Crippen molar-refractivity contribution in [1.82, 2.24) is 15.2 Å². The lowest BCUT2D eigenvalue weighted by molar-refractivity contribution is -0.141. The van der Waals surface area contributed by atoms with Gasteiger partial charge in [0.25, 0.3) is 0 Å². The van der Waals surface area contributed by atoms with Crippen molar-refractivity contribution in [1.29, 1.82) is 0 Å². The molecule has 1 amide bonds. The molecule has 1 aliphatic heterocycles. The summed E-state index contributed by atoms with van der Waals surface area (Å²) in [6.45, 7) is -0.0808. The van der Waals surface area contributed by atoms with Crippen LogP contribution in [0.1, 0.15) is 12.0 Å². The van der Waals surface area contributed by atoms with E-state index in [0.717, 1.165) is 4.31 Å². The van der Waals surface area contributed by atoms with E-state index in [1.807, 2.05) is 0 Å². The van der Waals surface area contributed by atoms with Crippen molar-refractivity contribution in [3.63, 3.8) is 0 Å². The molecule has 9 heteroatoms. The zero-order valence-corrected chi connectivity index (χ0v) is 13.5. The lowest BCUT2D eigenvalue weighted by Gasteiger charge is -2.16. The van der Waals surface area contributed by atoms with Gasteiger partial charge in [-0.1, -0.05) is 12.1 Å². The van der Waals surface area contributed by atoms with Crippen LogP contribution in [0.5, 0.6) is 0 Å². The highest BCUT2D eigenvalue weighted by molar-refractivity contribution is 7.89. The lowest BCUT2D eigenvalue weighted by atomic mass is 10.2. The van der Waals surface area contributed by atoms with Crippen LogP contribution >= 0.6 is 0 Å². The fraction of sp³-hybridized carbons (Fsp3) is 0.286. The molecule has 2 N–H and O–H groups in total. The van der Waals surface area contributed by atoms with Crippen molar-refractivity contribution in [2.24, 2.45) is 0 Å². The summed E-state index contributed by atoms with van der Waals surface area (Å²) in [5.41, 5.74) is 5.43. The molecule has 0 saturated heterocycles. The second-order valence-electron chi connectivity index (χ2n) is 5.01. The molecule has 0 fully saturated rings. The van der Waals surface area contributed by atoms with Gasteiger partial charge in [-0.3, -0.25) is 15.6 Å². The fourth-order valence-electron chi connectivity index (χ4n) is 1.80. The average Bonchev–Trinajstić information content (AvgIpc) is 2.53. The first-order valence-electron chi connectivity index (χ1n) is 6.74. The number of ether oxygens (including phenoxy) is 1. The Morgan fingerprint density at radius 1 is 1.30 bits per heavy atom. The minimum atomic E-state index is -3.54. The van der Waals surface area contributed by atoms with Gasteiger partial charge in [-0.25, -0.2) is 17.5 Å². The van der Waals surface area contributed by atoms with E-state index in [9.17, 15) is 18.0 Å². The third-order valence-corrected chi connectivity index (χ3v) is 4.91. The predicted octanol–water partition coefficient (Wildman–Crippen LogP) is -0.111. The third-order valence-electron chi connectivity index (χ3n) is 3.10. The molecular weight excluding hydrogens is 322 g/mol. The first kappa shape index (κ1) is 17.0. The van der Waals surface area contributed by atoms with Crippen LogP contribution in [0.25, 0.3) is 0 Å². The van der Waals surface area contributed by atoms with Gasteiger partial charge < -0.3 is 4.74 Å². The Morgan fingerprint density at radius 2 is 2.04 bits per heavy atom. The zero-order valence-electron chi connectivity index (χ0n) is 12.7. The molecule has 1 aliphatic rings. The molecular formula is C14H17N3O5S. The molecule has 23 heavy (non-hydrogen) atoms. The van der Waals surface area contributed by atoms with E-state index in [4.69, 9.17) is 4.74 Å². The Hall–Kier alpha value is -2.39. The summed E-state index contributed by atoms with van der Waals surface area (Å²) in [7, 11) is -0.659. The summed E-state index contributed by atoms with van der Waals surface area (Å²) in [5.74, 6) is -0.881. The Balaban J connectivity index is 2.04. The quantitative estimate of drug-likeness (QED) is 0.725. The number of carbonyl (C=O) groups excluding carboxylic acids is 2. The molecule has 124 valence electrons. The van der Waals surface area contributed by atoms with Gasteiger partial charge in [0.1, 0.15) is 12.3 Å². The molecule has 0 spiro atoms. The summed E-state index contributed by atoms with van der Waals surface area (Å²) in [6.07, 6.45) is 1.52. The van der Waals surface area contributed by atoms with Crippen molar-refractivity contribution in [3.8, 4) is 0 Å². The fourth-order valence-corrected chi connectivity index (χ4v) is 2.77. The van der Waals surface area contributed by atoms with Crippen LogP contribution in [0, 0.1) is 0 Å². The first-order valence-corrected chi connectivity index (χ1v) is 8.18. The van der Waals surface area contributed by atoms with Gasteiger partial charge in [0.15, 0.2) is 0 Å². The number of esters is 1. The maximum absolute atomic E-state index is 12.1. The maximum atomic E-state index is 12.1. The number of nitrogens with zero attached hydrogens (tertiary/aromatic N) is 1. The molecule has 0 unspecified atom stereocenters. The Morgan fingerprint density at radius 3 is 2.65 bits per heavy atom. The van der Waals surface area contributed by atoms with Gasteiger partial charge in [-0.2, -0.15) is 0 Å². The van der Waals surface area contributed by atoms with Crippen molar-refractivity contribution in [2.45, 2.75) is 17.9 Å². The van der Waals surface area contributed by atoms with Crippen LogP contribution in [0.3, 0.4) is 0 Å². The van der Waals surface area contributed by atoms with Gasteiger partial charge in [0.2, 0.25) is 15.9 Å². The van der Waals surface area contributed by atoms with E-state index in [0.29, 0.717) is 5.56 Å². The van der Waals surface area contributed by atoms with Crippen molar-refractivity contribution < 1.29 is 22.7 Å². The minimum absolute atomic E-state index is 0.0808. The average molecular weight is 339 g/mol. The maximum Gasteiger partial charge on any atom is 0.356 e. The Kier molecular flexibility index (Phi) is 5.02. The van der Waals surface area contributed by atoms with Gasteiger partial charge in [-0.15, -0.1) is 0 Å². The van der Waals surface area contributed by atoms with Crippen LogP contribution in [0.4, 0.5) is 0 Å². The number of nitrogens with one attached hydrogen (secondary N) is 2. The van der Waals surface area contributed by atoms with Gasteiger partial charge in [0, 0.05) is 20.5 Å². The van der Waals surface area contributed by atoms with Gasteiger partial charge in [-0.05, 0) is 23.8 Å². The molecule has 1 aromatic rings. The molecule has 8 nitrogen and oxygen atoms in total. The highest BCUT2D eigenvalue weighted by atomic mass is 32.2. The minimum Gasteiger partial charge on any atom is -0.456 e. The number of amides is 1.